The largest absolute Gasteiger partial charge is 0.383 e. The lowest BCUT2D eigenvalue weighted by Crippen LogP contribution is -2.24. The number of aromatic nitrogens is 4. The van der Waals surface area contributed by atoms with Crippen molar-refractivity contribution in [1.29, 1.82) is 0 Å². The number of pyridine rings is 1. The second-order valence-electron chi connectivity index (χ2n) is 7.48. The van der Waals surface area contributed by atoms with E-state index in [1.165, 1.54) is 23.7 Å². The number of thiazole rings is 1. The molecular weight excluding hydrogens is 472 g/mol. The predicted octanol–water partition coefficient (Wildman–Crippen LogP) is 4.68. The van der Waals surface area contributed by atoms with E-state index in [1.54, 1.807) is 18.3 Å². The molecule has 3 aromatic heterocycles. The third-order valence-electron chi connectivity index (χ3n) is 5.18. The van der Waals surface area contributed by atoms with Crippen molar-refractivity contribution in [2.75, 3.05) is 11.1 Å². The minimum absolute atomic E-state index is 0.0283. The molecule has 0 aliphatic carbocycles. The van der Waals surface area contributed by atoms with E-state index < -0.39 is 17.5 Å². The van der Waals surface area contributed by atoms with E-state index in [4.69, 9.17) is 5.73 Å². The van der Waals surface area contributed by atoms with Crippen LogP contribution in [0.4, 0.5) is 25.5 Å². The predicted molar refractivity (Wildman–Crippen MR) is 130 cm³/mol. The minimum Gasteiger partial charge on any atom is -0.383 e. The van der Waals surface area contributed by atoms with Gasteiger partial charge in [0.25, 0.3) is 5.91 Å². The molecular formula is C24H17F2N7OS. The molecule has 0 bridgehead atoms. The normalized spacial score (nSPS) is 10.9. The number of hydrogen-bond acceptors (Lipinski definition) is 8. The first kappa shape index (κ1) is 22.3. The Morgan fingerprint density at radius 2 is 1.91 bits per heavy atom. The summed E-state index contributed by atoms with van der Waals surface area (Å²) in [5.74, 6) is -1.64. The van der Waals surface area contributed by atoms with Crippen LogP contribution in [-0.4, -0.2) is 25.8 Å². The molecule has 35 heavy (non-hydrogen) atoms. The van der Waals surface area contributed by atoms with Gasteiger partial charge >= 0.3 is 0 Å². The summed E-state index contributed by atoms with van der Waals surface area (Å²) in [5, 5.41) is 8.91. The van der Waals surface area contributed by atoms with Crippen LogP contribution in [0, 0.1) is 11.6 Å². The van der Waals surface area contributed by atoms with E-state index in [9.17, 15) is 13.6 Å². The van der Waals surface area contributed by atoms with Crippen LogP contribution in [0.2, 0.25) is 0 Å². The van der Waals surface area contributed by atoms with E-state index >= 15 is 0 Å². The number of nitrogens with one attached hydrogen (secondary N) is 2. The topological polar surface area (TPSA) is 119 Å². The SMILES string of the molecule is Nc1ncnc2ccc(-c3csc(Nc4ncccc4C(=O)NCc4ccc(F)c(F)c4)n3)cc12. The molecule has 8 nitrogen and oxygen atoms in total. The van der Waals surface area contributed by atoms with Gasteiger partial charge in [0.05, 0.1) is 16.8 Å². The Morgan fingerprint density at radius 1 is 1.03 bits per heavy atom. The van der Waals surface area contributed by atoms with Gasteiger partial charge in [0.2, 0.25) is 0 Å². The molecule has 0 saturated carbocycles. The van der Waals surface area contributed by atoms with Gasteiger partial charge in [0, 0.05) is 29.1 Å². The molecule has 4 N–H and O–H groups in total. The Kier molecular flexibility index (Phi) is 5.98. The zero-order valence-corrected chi connectivity index (χ0v) is 18.8. The Balaban J connectivity index is 1.33. The number of halogens is 2. The lowest BCUT2D eigenvalue weighted by atomic mass is 10.1. The van der Waals surface area contributed by atoms with Crippen LogP contribution in [0.5, 0.6) is 0 Å². The summed E-state index contributed by atoms with van der Waals surface area (Å²) in [6, 6.07) is 12.3. The fourth-order valence-electron chi connectivity index (χ4n) is 3.42. The van der Waals surface area contributed by atoms with Gasteiger partial charge in [0.1, 0.15) is 18.0 Å². The number of nitrogens with two attached hydrogens (primary N) is 1. The molecule has 5 aromatic rings. The minimum atomic E-state index is -0.971. The molecule has 1 amide bonds. The maximum absolute atomic E-state index is 13.4. The molecule has 0 fully saturated rings. The standard InChI is InChI=1S/C24H17F2N7OS/c25-17-5-3-13(8-18(17)26)10-29-23(34)15-2-1-7-28-22(15)33-24-32-20(11-35-24)14-4-6-19-16(9-14)21(27)31-12-30-19/h1-9,11-12H,10H2,(H,29,34)(H2,27,30,31)(H,28,32,33). The fourth-order valence-corrected chi connectivity index (χ4v) is 4.13. The Labute approximate surface area is 201 Å². The van der Waals surface area contributed by atoms with Crippen molar-refractivity contribution in [2.45, 2.75) is 6.54 Å². The van der Waals surface area contributed by atoms with Gasteiger partial charge in [-0.05, 0) is 42.0 Å². The Morgan fingerprint density at radius 3 is 2.77 bits per heavy atom. The van der Waals surface area contributed by atoms with Crippen LogP contribution < -0.4 is 16.4 Å². The summed E-state index contributed by atoms with van der Waals surface area (Å²) in [7, 11) is 0. The summed E-state index contributed by atoms with van der Waals surface area (Å²) in [6.45, 7) is 0.0283. The van der Waals surface area contributed by atoms with Crippen LogP contribution in [0.1, 0.15) is 15.9 Å². The molecule has 11 heteroatoms. The number of nitrogens with zero attached hydrogens (tertiary/aromatic N) is 4. The van der Waals surface area contributed by atoms with Crippen molar-refractivity contribution in [3.8, 4) is 11.3 Å². The summed E-state index contributed by atoms with van der Waals surface area (Å²) in [4.78, 5) is 29.9. The van der Waals surface area contributed by atoms with E-state index in [1.807, 2.05) is 23.6 Å². The molecule has 0 aliphatic rings. The van der Waals surface area contributed by atoms with Gasteiger partial charge in [-0.1, -0.05) is 12.1 Å². The molecule has 0 spiro atoms. The quantitative estimate of drug-likeness (QED) is 0.317. The van der Waals surface area contributed by atoms with E-state index in [0.717, 1.165) is 28.6 Å². The highest BCUT2D eigenvalue weighted by molar-refractivity contribution is 7.14. The Bertz CT molecular complexity index is 1560. The second kappa shape index (κ2) is 9.39. The van der Waals surface area contributed by atoms with Crippen molar-refractivity contribution in [2.24, 2.45) is 0 Å². The number of carbonyl (C=O) groups excluding carboxylic acids is 1. The molecule has 2 aromatic carbocycles. The number of benzene rings is 2. The smallest absolute Gasteiger partial charge is 0.255 e. The van der Waals surface area contributed by atoms with Crippen LogP contribution in [0.25, 0.3) is 22.2 Å². The van der Waals surface area contributed by atoms with Gasteiger partial charge < -0.3 is 16.4 Å². The average molecular weight is 490 g/mol. The number of rotatable bonds is 6. The van der Waals surface area contributed by atoms with Crippen LogP contribution in [0.3, 0.4) is 0 Å². The third kappa shape index (κ3) is 4.75. The first-order valence-corrected chi connectivity index (χ1v) is 11.3. The van der Waals surface area contributed by atoms with Crippen molar-refractivity contribution in [3.05, 3.63) is 89.2 Å². The summed E-state index contributed by atoms with van der Waals surface area (Å²) >= 11 is 1.35. The number of hydrogen-bond donors (Lipinski definition) is 3. The highest BCUT2D eigenvalue weighted by atomic mass is 32.1. The maximum atomic E-state index is 13.4. The fraction of sp³-hybridized carbons (Fsp3) is 0.0417. The molecule has 0 atom stereocenters. The van der Waals surface area contributed by atoms with Gasteiger partial charge in [-0.3, -0.25) is 4.79 Å². The summed E-state index contributed by atoms with van der Waals surface area (Å²) in [6.07, 6.45) is 2.97. The van der Waals surface area contributed by atoms with Crippen LogP contribution in [0.15, 0.2) is 66.4 Å². The highest BCUT2D eigenvalue weighted by Gasteiger charge is 2.15. The maximum Gasteiger partial charge on any atom is 0.255 e. The third-order valence-corrected chi connectivity index (χ3v) is 5.94. The molecule has 0 radical (unpaired) electrons. The van der Waals surface area contributed by atoms with Crippen molar-refractivity contribution in [3.63, 3.8) is 0 Å². The molecule has 0 saturated heterocycles. The van der Waals surface area contributed by atoms with Gasteiger partial charge in [0.15, 0.2) is 16.8 Å². The highest BCUT2D eigenvalue weighted by Crippen LogP contribution is 2.30. The summed E-state index contributed by atoms with van der Waals surface area (Å²) in [5.41, 5.74) is 8.97. The van der Waals surface area contributed by atoms with Crippen LogP contribution >= 0.6 is 11.3 Å². The molecule has 3 heterocycles. The van der Waals surface area contributed by atoms with E-state index in [0.29, 0.717) is 28.0 Å². The van der Waals surface area contributed by atoms with E-state index in [-0.39, 0.29) is 12.1 Å². The van der Waals surface area contributed by atoms with Crippen molar-refractivity contribution in [1.82, 2.24) is 25.3 Å². The number of nitrogen functional groups attached to an aromatic ring is 1. The number of carbonyl (C=O) groups is 1. The zero-order chi connectivity index (χ0) is 24.4. The van der Waals surface area contributed by atoms with E-state index in [2.05, 4.69) is 30.6 Å². The second-order valence-corrected chi connectivity index (χ2v) is 8.34. The monoisotopic (exact) mass is 489 g/mol. The molecule has 174 valence electrons. The lowest BCUT2D eigenvalue weighted by Gasteiger charge is -2.10. The lowest BCUT2D eigenvalue weighted by molar-refractivity contribution is 0.0951. The molecule has 0 unspecified atom stereocenters. The van der Waals surface area contributed by atoms with Gasteiger partial charge in [-0.15, -0.1) is 11.3 Å². The van der Waals surface area contributed by atoms with Gasteiger partial charge in [-0.25, -0.2) is 28.7 Å². The molecule has 0 aliphatic heterocycles. The Hall–Kier alpha value is -4.51. The van der Waals surface area contributed by atoms with Crippen molar-refractivity contribution < 1.29 is 13.6 Å². The first-order chi connectivity index (χ1) is 17.0. The van der Waals surface area contributed by atoms with Crippen molar-refractivity contribution >= 4 is 44.9 Å². The summed E-state index contributed by atoms with van der Waals surface area (Å²) < 4.78 is 26.6. The van der Waals surface area contributed by atoms with Gasteiger partial charge in [-0.2, -0.15) is 0 Å². The van der Waals surface area contributed by atoms with Crippen LogP contribution in [-0.2, 0) is 6.54 Å². The number of anilines is 3. The zero-order valence-electron chi connectivity index (χ0n) is 18.0. The number of fused-ring (bicyclic) bond motifs is 1. The average Bonchev–Trinajstić information content (AvgIpc) is 3.33. The number of amides is 1. The first-order valence-electron chi connectivity index (χ1n) is 10.4. The molecule has 5 rings (SSSR count).